The van der Waals surface area contributed by atoms with E-state index in [2.05, 4.69) is 12.1 Å². The number of hydrogen-bond acceptors (Lipinski definition) is 3. The number of methoxy groups -OCH3 is 1. The van der Waals surface area contributed by atoms with Crippen molar-refractivity contribution in [2.45, 2.75) is 18.9 Å². The Morgan fingerprint density at radius 1 is 1.41 bits per heavy atom. The van der Waals surface area contributed by atoms with Crippen LogP contribution in [0.3, 0.4) is 0 Å². The van der Waals surface area contributed by atoms with Crippen molar-refractivity contribution in [1.82, 2.24) is 9.80 Å². The quantitative estimate of drug-likeness (QED) is 0.784. The maximum atomic E-state index is 12.6. The standard InChI is InChI=1S/C17H26N2O3/c1-17(15-8-5-4-6-9-15)14-19(11-13-22-17)16(20)18(2)10-7-12-21-3/h4-6,8-9H,7,10-14H2,1-3H3/t17-/m1/s1. The van der Waals surface area contributed by atoms with Crippen LogP contribution in [0.25, 0.3) is 0 Å². The van der Waals surface area contributed by atoms with Crippen LogP contribution in [0.4, 0.5) is 4.79 Å². The fourth-order valence-electron chi connectivity index (χ4n) is 2.78. The molecular formula is C17H26N2O3. The second-order valence-electron chi connectivity index (χ2n) is 5.92. The van der Waals surface area contributed by atoms with E-state index in [1.54, 1.807) is 12.0 Å². The first-order chi connectivity index (χ1) is 10.6. The molecule has 5 nitrogen and oxygen atoms in total. The van der Waals surface area contributed by atoms with Gasteiger partial charge in [0.2, 0.25) is 0 Å². The maximum absolute atomic E-state index is 12.6. The highest BCUT2D eigenvalue weighted by Gasteiger charge is 2.36. The first-order valence-electron chi connectivity index (χ1n) is 7.75. The van der Waals surface area contributed by atoms with E-state index in [1.165, 1.54) is 0 Å². The van der Waals surface area contributed by atoms with Crippen LogP contribution >= 0.6 is 0 Å². The molecule has 1 aliphatic rings. The number of benzene rings is 1. The minimum atomic E-state index is -0.442. The Labute approximate surface area is 132 Å². The Morgan fingerprint density at radius 3 is 2.82 bits per heavy atom. The van der Waals surface area contributed by atoms with Crippen LogP contribution in [0.1, 0.15) is 18.9 Å². The van der Waals surface area contributed by atoms with Crippen LogP contribution < -0.4 is 0 Å². The molecule has 0 unspecified atom stereocenters. The van der Waals surface area contributed by atoms with Gasteiger partial charge in [-0.15, -0.1) is 0 Å². The third kappa shape index (κ3) is 3.99. The fourth-order valence-corrected chi connectivity index (χ4v) is 2.78. The van der Waals surface area contributed by atoms with Crippen LogP contribution in [0.2, 0.25) is 0 Å². The van der Waals surface area contributed by atoms with Crippen molar-refractivity contribution in [2.75, 3.05) is 47.0 Å². The van der Waals surface area contributed by atoms with Crippen LogP contribution in [0.15, 0.2) is 30.3 Å². The summed E-state index contributed by atoms with van der Waals surface area (Å²) in [6.45, 7) is 5.19. The van der Waals surface area contributed by atoms with E-state index in [-0.39, 0.29) is 6.03 Å². The number of carbonyl (C=O) groups excluding carboxylic acids is 1. The van der Waals surface area contributed by atoms with E-state index in [0.717, 1.165) is 12.0 Å². The molecule has 0 aliphatic carbocycles. The third-order valence-corrected chi connectivity index (χ3v) is 4.10. The van der Waals surface area contributed by atoms with Crippen molar-refractivity contribution in [2.24, 2.45) is 0 Å². The highest BCUT2D eigenvalue weighted by molar-refractivity contribution is 5.74. The number of hydrogen-bond donors (Lipinski definition) is 0. The molecule has 122 valence electrons. The summed E-state index contributed by atoms with van der Waals surface area (Å²) in [5.41, 5.74) is 0.664. The van der Waals surface area contributed by atoms with E-state index >= 15 is 0 Å². The minimum absolute atomic E-state index is 0.0570. The molecule has 1 saturated heterocycles. The van der Waals surface area contributed by atoms with Crippen LogP contribution in [-0.2, 0) is 15.1 Å². The van der Waals surface area contributed by atoms with Gasteiger partial charge in [-0.25, -0.2) is 4.79 Å². The Hall–Kier alpha value is -1.59. The van der Waals surface area contributed by atoms with Gasteiger partial charge < -0.3 is 19.3 Å². The zero-order chi connectivity index (χ0) is 16.0. The predicted molar refractivity (Wildman–Crippen MR) is 85.8 cm³/mol. The molecule has 1 aromatic rings. The van der Waals surface area contributed by atoms with Gasteiger partial charge in [0, 0.05) is 33.9 Å². The number of urea groups is 1. The second-order valence-corrected chi connectivity index (χ2v) is 5.92. The number of morpholine rings is 1. The third-order valence-electron chi connectivity index (χ3n) is 4.10. The van der Waals surface area contributed by atoms with Crippen molar-refractivity contribution in [3.8, 4) is 0 Å². The summed E-state index contributed by atoms with van der Waals surface area (Å²) in [7, 11) is 3.52. The lowest BCUT2D eigenvalue weighted by Crippen LogP contribution is -2.53. The zero-order valence-electron chi connectivity index (χ0n) is 13.7. The minimum Gasteiger partial charge on any atom is -0.385 e. The molecular weight excluding hydrogens is 280 g/mol. The van der Waals surface area contributed by atoms with E-state index < -0.39 is 5.60 Å². The summed E-state index contributed by atoms with van der Waals surface area (Å²) in [6, 6.07) is 10.2. The Kier molecular flexibility index (Phi) is 5.80. The molecule has 0 aromatic heterocycles. The lowest BCUT2D eigenvalue weighted by atomic mass is 9.94. The molecule has 5 heteroatoms. The topological polar surface area (TPSA) is 42.0 Å². The van der Waals surface area contributed by atoms with Gasteiger partial charge in [0.1, 0.15) is 5.60 Å². The smallest absolute Gasteiger partial charge is 0.319 e. The van der Waals surface area contributed by atoms with Gasteiger partial charge in [-0.3, -0.25) is 0 Å². The monoisotopic (exact) mass is 306 g/mol. The predicted octanol–water partition coefficient (Wildman–Crippen LogP) is 2.32. The average molecular weight is 306 g/mol. The number of carbonyl (C=O) groups is 1. The lowest BCUT2D eigenvalue weighted by Gasteiger charge is -2.42. The SMILES string of the molecule is COCCCN(C)C(=O)N1CCO[C@@](C)(c2ccccc2)C1. The molecule has 0 radical (unpaired) electrons. The Balaban J connectivity index is 1.99. The average Bonchev–Trinajstić information content (AvgIpc) is 2.55. The van der Waals surface area contributed by atoms with E-state index in [4.69, 9.17) is 9.47 Å². The van der Waals surface area contributed by atoms with Crippen LogP contribution in [0.5, 0.6) is 0 Å². The molecule has 0 spiro atoms. The van der Waals surface area contributed by atoms with Crippen molar-refractivity contribution in [3.63, 3.8) is 0 Å². The normalized spacial score (nSPS) is 21.7. The number of amides is 2. The molecule has 0 bridgehead atoms. The van der Waals surface area contributed by atoms with Crippen molar-refractivity contribution < 1.29 is 14.3 Å². The Morgan fingerprint density at radius 2 is 2.14 bits per heavy atom. The summed E-state index contributed by atoms with van der Waals surface area (Å²) >= 11 is 0. The number of rotatable bonds is 5. The first kappa shape index (κ1) is 16.8. The van der Waals surface area contributed by atoms with Gasteiger partial charge in [-0.2, -0.15) is 0 Å². The summed E-state index contributed by atoms with van der Waals surface area (Å²) in [5.74, 6) is 0. The first-order valence-corrected chi connectivity index (χ1v) is 7.75. The fraction of sp³-hybridized carbons (Fsp3) is 0.588. The van der Waals surface area contributed by atoms with E-state index in [1.807, 2.05) is 37.1 Å². The highest BCUT2D eigenvalue weighted by Crippen LogP contribution is 2.29. The van der Waals surface area contributed by atoms with Gasteiger partial charge in [0.05, 0.1) is 13.2 Å². The molecule has 1 atom stereocenters. The molecule has 2 rings (SSSR count). The Bertz CT molecular complexity index is 480. The summed E-state index contributed by atoms with van der Waals surface area (Å²) in [6.07, 6.45) is 0.846. The van der Waals surface area contributed by atoms with Crippen molar-refractivity contribution >= 4 is 6.03 Å². The van der Waals surface area contributed by atoms with E-state index in [9.17, 15) is 4.79 Å². The summed E-state index contributed by atoms with van der Waals surface area (Å²) in [4.78, 5) is 16.2. The van der Waals surface area contributed by atoms with Gasteiger partial charge in [0.25, 0.3) is 0 Å². The van der Waals surface area contributed by atoms with Gasteiger partial charge in [-0.05, 0) is 18.9 Å². The van der Waals surface area contributed by atoms with Crippen molar-refractivity contribution in [3.05, 3.63) is 35.9 Å². The molecule has 0 saturated carbocycles. The molecule has 1 heterocycles. The zero-order valence-corrected chi connectivity index (χ0v) is 13.7. The van der Waals surface area contributed by atoms with Gasteiger partial charge in [0.15, 0.2) is 0 Å². The largest absolute Gasteiger partial charge is 0.385 e. The lowest BCUT2D eigenvalue weighted by molar-refractivity contribution is -0.0930. The molecule has 2 amide bonds. The molecule has 1 aliphatic heterocycles. The number of nitrogens with zero attached hydrogens (tertiary/aromatic N) is 2. The maximum Gasteiger partial charge on any atom is 0.319 e. The van der Waals surface area contributed by atoms with Crippen LogP contribution in [-0.4, -0.2) is 62.8 Å². The molecule has 1 fully saturated rings. The summed E-state index contributed by atoms with van der Waals surface area (Å²) in [5, 5.41) is 0. The van der Waals surface area contributed by atoms with E-state index in [0.29, 0.717) is 32.8 Å². The highest BCUT2D eigenvalue weighted by atomic mass is 16.5. The van der Waals surface area contributed by atoms with Crippen molar-refractivity contribution in [1.29, 1.82) is 0 Å². The molecule has 1 aromatic carbocycles. The molecule has 22 heavy (non-hydrogen) atoms. The van der Waals surface area contributed by atoms with Gasteiger partial charge in [-0.1, -0.05) is 30.3 Å². The van der Waals surface area contributed by atoms with Crippen LogP contribution in [0, 0.1) is 0 Å². The molecule has 0 N–H and O–H groups in total. The second kappa shape index (κ2) is 7.61. The number of ether oxygens (including phenoxy) is 2. The summed E-state index contributed by atoms with van der Waals surface area (Å²) < 4.78 is 11.0. The van der Waals surface area contributed by atoms with Gasteiger partial charge >= 0.3 is 6.03 Å².